The van der Waals surface area contributed by atoms with Gasteiger partial charge in [-0.2, -0.15) is 0 Å². The minimum atomic E-state index is 0.511. The van der Waals surface area contributed by atoms with Gasteiger partial charge in [-0.3, -0.25) is 0 Å². The number of nitrogens with one attached hydrogen (secondary N) is 1. The molecule has 2 aromatic rings. The van der Waals surface area contributed by atoms with E-state index in [1.54, 1.807) is 6.20 Å². The standard InChI is InChI=1S/C17H20ClN3/c1-3-12-11-19-17(18)14-5-4-6-15(16(12)14)20-13-7-9-21(2)10-8-13/h3-6,11,13,20H,1,7-10H2,2H3. The zero-order chi connectivity index (χ0) is 14.8. The van der Waals surface area contributed by atoms with Crippen LogP contribution >= 0.6 is 11.6 Å². The molecule has 0 amide bonds. The monoisotopic (exact) mass is 301 g/mol. The highest BCUT2D eigenvalue weighted by molar-refractivity contribution is 6.35. The molecule has 1 aliphatic heterocycles. The molecule has 0 saturated carbocycles. The minimum absolute atomic E-state index is 0.511. The molecule has 3 rings (SSSR count). The van der Waals surface area contributed by atoms with Crippen molar-refractivity contribution in [3.63, 3.8) is 0 Å². The summed E-state index contributed by atoms with van der Waals surface area (Å²) < 4.78 is 0. The van der Waals surface area contributed by atoms with Gasteiger partial charge in [-0.15, -0.1) is 0 Å². The maximum Gasteiger partial charge on any atom is 0.136 e. The number of pyridine rings is 1. The number of benzene rings is 1. The Kier molecular flexibility index (Phi) is 4.13. The molecule has 110 valence electrons. The predicted octanol–water partition coefficient (Wildman–Crippen LogP) is 4.04. The van der Waals surface area contributed by atoms with Gasteiger partial charge in [0.25, 0.3) is 0 Å². The molecule has 0 spiro atoms. The summed E-state index contributed by atoms with van der Waals surface area (Å²) in [4.78, 5) is 6.61. The summed E-state index contributed by atoms with van der Waals surface area (Å²) in [5, 5.41) is 6.33. The van der Waals surface area contributed by atoms with E-state index in [0.717, 1.165) is 48.0 Å². The Morgan fingerprint density at radius 2 is 2.14 bits per heavy atom. The number of hydrogen-bond donors (Lipinski definition) is 1. The van der Waals surface area contributed by atoms with E-state index in [-0.39, 0.29) is 0 Å². The summed E-state index contributed by atoms with van der Waals surface area (Å²) in [5.41, 5.74) is 2.15. The lowest BCUT2D eigenvalue weighted by atomic mass is 10.0. The van der Waals surface area contributed by atoms with Crippen molar-refractivity contribution < 1.29 is 0 Å². The lowest BCUT2D eigenvalue weighted by molar-refractivity contribution is 0.264. The molecule has 1 N–H and O–H groups in total. The van der Waals surface area contributed by atoms with Crippen LogP contribution in [0.5, 0.6) is 0 Å². The van der Waals surface area contributed by atoms with Gasteiger partial charge in [-0.25, -0.2) is 4.98 Å². The van der Waals surface area contributed by atoms with Crippen LogP contribution < -0.4 is 5.32 Å². The Bertz CT molecular complexity index is 660. The molecule has 2 heterocycles. The van der Waals surface area contributed by atoms with E-state index in [2.05, 4.69) is 34.9 Å². The highest BCUT2D eigenvalue weighted by Gasteiger charge is 2.18. The van der Waals surface area contributed by atoms with Gasteiger partial charge in [-0.1, -0.05) is 36.4 Å². The van der Waals surface area contributed by atoms with E-state index in [0.29, 0.717) is 11.2 Å². The lowest BCUT2D eigenvalue weighted by Crippen LogP contribution is -2.36. The number of rotatable bonds is 3. The van der Waals surface area contributed by atoms with Crippen molar-refractivity contribution in [2.75, 3.05) is 25.5 Å². The van der Waals surface area contributed by atoms with Gasteiger partial charge in [0.05, 0.1) is 0 Å². The quantitative estimate of drug-likeness (QED) is 0.867. The molecule has 1 fully saturated rings. The van der Waals surface area contributed by atoms with Gasteiger partial charge in [0.15, 0.2) is 0 Å². The zero-order valence-electron chi connectivity index (χ0n) is 12.3. The van der Waals surface area contributed by atoms with Gasteiger partial charge in [0, 0.05) is 34.3 Å². The Morgan fingerprint density at radius 3 is 2.86 bits per heavy atom. The summed E-state index contributed by atoms with van der Waals surface area (Å²) >= 11 is 6.24. The number of fused-ring (bicyclic) bond motifs is 1. The van der Waals surface area contributed by atoms with Crippen molar-refractivity contribution in [1.29, 1.82) is 0 Å². The summed E-state index contributed by atoms with van der Waals surface area (Å²) in [6.45, 7) is 6.17. The normalized spacial score (nSPS) is 17.0. The second-order valence-electron chi connectivity index (χ2n) is 5.66. The fraction of sp³-hybridized carbons (Fsp3) is 0.353. The Balaban J connectivity index is 1.98. The van der Waals surface area contributed by atoms with Crippen LogP contribution in [0.15, 0.2) is 31.0 Å². The van der Waals surface area contributed by atoms with Crippen LogP contribution in [0, 0.1) is 0 Å². The van der Waals surface area contributed by atoms with E-state index in [1.807, 2.05) is 18.2 Å². The first-order valence-electron chi connectivity index (χ1n) is 7.34. The van der Waals surface area contributed by atoms with Crippen LogP contribution in [0.2, 0.25) is 5.15 Å². The average molecular weight is 302 g/mol. The first kappa shape index (κ1) is 14.4. The van der Waals surface area contributed by atoms with Crippen LogP contribution in [0.25, 0.3) is 16.8 Å². The van der Waals surface area contributed by atoms with Crippen LogP contribution in [0.1, 0.15) is 18.4 Å². The molecule has 0 unspecified atom stereocenters. The zero-order valence-corrected chi connectivity index (χ0v) is 13.0. The largest absolute Gasteiger partial charge is 0.382 e. The SMILES string of the molecule is C=Cc1cnc(Cl)c2cccc(NC3CCN(C)CC3)c12. The van der Waals surface area contributed by atoms with Crippen LogP contribution in [0.4, 0.5) is 5.69 Å². The molecule has 1 aromatic carbocycles. The molecule has 1 aliphatic rings. The van der Waals surface area contributed by atoms with Crippen LogP contribution in [-0.4, -0.2) is 36.1 Å². The van der Waals surface area contributed by atoms with Crippen molar-refractivity contribution in [2.45, 2.75) is 18.9 Å². The molecular formula is C17H20ClN3. The van der Waals surface area contributed by atoms with Gasteiger partial charge in [0.1, 0.15) is 5.15 Å². The molecule has 0 bridgehead atoms. The highest BCUT2D eigenvalue weighted by atomic mass is 35.5. The fourth-order valence-corrected chi connectivity index (χ4v) is 3.15. The molecule has 0 aliphatic carbocycles. The predicted molar refractivity (Wildman–Crippen MR) is 91.0 cm³/mol. The second-order valence-corrected chi connectivity index (χ2v) is 6.02. The number of piperidine rings is 1. The smallest absolute Gasteiger partial charge is 0.136 e. The van der Waals surface area contributed by atoms with Crippen molar-refractivity contribution >= 4 is 34.1 Å². The maximum atomic E-state index is 6.24. The van der Waals surface area contributed by atoms with E-state index >= 15 is 0 Å². The molecule has 0 atom stereocenters. The van der Waals surface area contributed by atoms with E-state index < -0.39 is 0 Å². The minimum Gasteiger partial charge on any atom is -0.382 e. The van der Waals surface area contributed by atoms with Crippen molar-refractivity contribution in [3.8, 4) is 0 Å². The van der Waals surface area contributed by atoms with E-state index in [4.69, 9.17) is 11.6 Å². The van der Waals surface area contributed by atoms with E-state index in [9.17, 15) is 0 Å². The lowest BCUT2D eigenvalue weighted by Gasteiger charge is -2.30. The average Bonchev–Trinajstić information content (AvgIpc) is 2.51. The third-order valence-electron chi connectivity index (χ3n) is 4.19. The Morgan fingerprint density at radius 1 is 1.38 bits per heavy atom. The van der Waals surface area contributed by atoms with Gasteiger partial charge in [-0.05, 0) is 39.0 Å². The van der Waals surface area contributed by atoms with Crippen LogP contribution in [0.3, 0.4) is 0 Å². The van der Waals surface area contributed by atoms with Crippen molar-refractivity contribution in [2.24, 2.45) is 0 Å². The van der Waals surface area contributed by atoms with E-state index in [1.165, 1.54) is 0 Å². The van der Waals surface area contributed by atoms with Crippen LogP contribution in [-0.2, 0) is 0 Å². The number of likely N-dealkylation sites (tertiary alicyclic amines) is 1. The maximum absolute atomic E-state index is 6.24. The molecule has 4 heteroatoms. The summed E-state index contributed by atoms with van der Waals surface area (Å²) in [6, 6.07) is 6.66. The van der Waals surface area contributed by atoms with Gasteiger partial charge in [0.2, 0.25) is 0 Å². The number of nitrogens with zero attached hydrogens (tertiary/aromatic N) is 2. The second kappa shape index (κ2) is 6.04. The molecular weight excluding hydrogens is 282 g/mol. The van der Waals surface area contributed by atoms with Crippen molar-refractivity contribution in [1.82, 2.24) is 9.88 Å². The number of anilines is 1. The number of halogens is 1. The Hall–Kier alpha value is -1.58. The first-order chi connectivity index (χ1) is 10.2. The highest BCUT2D eigenvalue weighted by Crippen LogP contribution is 2.32. The molecule has 1 aromatic heterocycles. The summed E-state index contributed by atoms with van der Waals surface area (Å²) in [6.07, 6.45) is 5.95. The number of hydrogen-bond acceptors (Lipinski definition) is 3. The van der Waals surface area contributed by atoms with Gasteiger partial charge >= 0.3 is 0 Å². The first-order valence-corrected chi connectivity index (χ1v) is 7.71. The molecule has 21 heavy (non-hydrogen) atoms. The molecule has 1 saturated heterocycles. The molecule has 3 nitrogen and oxygen atoms in total. The fourth-order valence-electron chi connectivity index (χ4n) is 2.94. The van der Waals surface area contributed by atoms with Gasteiger partial charge < -0.3 is 10.2 Å². The topological polar surface area (TPSA) is 28.2 Å². The third-order valence-corrected chi connectivity index (χ3v) is 4.49. The Labute approximate surface area is 130 Å². The summed E-state index contributed by atoms with van der Waals surface area (Å²) in [7, 11) is 2.18. The summed E-state index contributed by atoms with van der Waals surface area (Å²) in [5.74, 6) is 0. The third kappa shape index (κ3) is 2.89. The molecule has 0 radical (unpaired) electrons. The van der Waals surface area contributed by atoms with Crippen molar-refractivity contribution in [3.05, 3.63) is 41.7 Å². The number of aromatic nitrogens is 1.